The number of carbonyl (C=O) groups excluding carboxylic acids is 1. The first-order chi connectivity index (χ1) is 15.1. The summed E-state index contributed by atoms with van der Waals surface area (Å²) in [6.07, 6.45) is 0. The van der Waals surface area contributed by atoms with Crippen molar-refractivity contribution in [2.45, 2.75) is 4.90 Å². The molecule has 0 bridgehead atoms. The molecule has 31 heavy (non-hydrogen) atoms. The molecule has 6 nitrogen and oxygen atoms in total. The third-order valence-corrected chi connectivity index (χ3v) is 5.37. The number of hydrogen-bond acceptors (Lipinski definition) is 5. The van der Waals surface area contributed by atoms with E-state index in [-0.39, 0.29) is 11.7 Å². The first kappa shape index (κ1) is 22.5. The summed E-state index contributed by atoms with van der Waals surface area (Å²) in [6.45, 7) is 0. The number of methoxy groups -OCH3 is 2. The van der Waals surface area contributed by atoms with Crippen LogP contribution in [-0.4, -0.2) is 31.0 Å². The number of nitrogens with one attached hydrogen (secondary N) is 3. The van der Waals surface area contributed by atoms with Gasteiger partial charge in [-0.3, -0.25) is 4.79 Å². The van der Waals surface area contributed by atoms with Crippen LogP contribution in [0, 0.1) is 0 Å². The van der Waals surface area contributed by atoms with Gasteiger partial charge in [-0.25, -0.2) is 0 Å². The Bertz CT molecular complexity index is 1050. The van der Waals surface area contributed by atoms with Crippen molar-refractivity contribution in [3.05, 3.63) is 72.8 Å². The Labute approximate surface area is 191 Å². The maximum atomic E-state index is 12.4. The van der Waals surface area contributed by atoms with Gasteiger partial charge >= 0.3 is 0 Å². The molecule has 0 saturated heterocycles. The molecular formula is C23H23N3O3S2. The van der Waals surface area contributed by atoms with Gasteiger partial charge in [-0.05, 0) is 54.7 Å². The Morgan fingerprint density at radius 3 is 2.35 bits per heavy atom. The Balaban J connectivity index is 1.54. The second kappa shape index (κ2) is 11.2. The highest BCUT2D eigenvalue weighted by Gasteiger charge is 2.10. The Morgan fingerprint density at radius 2 is 1.61 bits per heavy atom. The molecule has 8 heteroatoms. The van der Waals surface area contributed by atoms with Gasteiger partial charge in [0.25, 0.3) is 0 Å². The average molecular weight is 454 g/mol. The van der Waals surface area contributed by atoms with Gasteiger partial charge in [-0.1, -0.05) is 24.3 Å². The van der Waals surface area contributed by atoms with Gasteiger partial charge in [0, 0.05) is 22.3 Å². The molecular weight excluding hydrogens is 430 g/mol. The third kappa shape index (κ3) is 6.91. The molecule has 0 aliphatic carbocycles. The van der Waals surface area contributed by atoms with E-state index in [1.165, 1.54) is 11.8 Å². The van der Waals surface area contributed by atoms with Gasteiger partial charge in [0.1, 0.15) is 11.5 Å². The van der Waals surface area contributed by atoms with Crippen LogP contribution >= 0.6 is 24.0 Å². The van der Waals surface area contributed by atoms with Gasteiger partial charge in [-0.2, -0.15) is 0 Å². The van der Waals surface area contributed by atoms with Crippen LogP contribution in [-0.2, 0) is 4.79 Å². The summed E-state index contributed by atoms with van der Waals surface area (Å²) < 4.78 is 10.5. The van der Waals surface area contributed by atoms with Crippen molar-refractivity contribution in [1.29, 1.82) is 0 Å². The van der Waals surface area contributed by atoms with Gasteiger partial charge < -0.3 is 25.4 Å². The van der Waals surface area contributed by atoms with Crippen molar-refractivity contribution in [2.75, 3.05) is 35.9 Å². The zero-order chi connectivity index (χ0) is 22.1. The van der Waals surface area contributed by atoms with E-state index < -0.39 is 0 Å². The van der Waals surface area contributed by atoms with Crippen LogP contribution < -0.4 is 25.4 Å². The van der Waals surface area contributed by atoms with E-state index in [1.807, 2.05) is 54.6 Å². The fraction of sp³-hybridized carbons (Fsp3) is 0.130. The number of para-hydroxylation sites is 1. The summed E-state index contributed by atoms with van der Waals surface area (Å²) in [6, 6.07) is 22.7. The lowest BCUT2D eigenvalue weighted by molar-refractivity contribution is -0.113. The first-order valence-corrected chi connectivity index (χ1v) is 10.8. The number of thioether (sulfide) groups is 1. The number of carbonyl (C=O) groups is 1. The molecule has 3 aromatic carbocycles. The molecule has 3 aromatic rings. The molecule has 0 unspecified atom stereocenters. The highest BCUT2D eigenvalue weighted by atomic mass is 32.2. The summed E-state index contributed by atoms with van der Waals surface area (Å²) in [5, 5.41) is 9.67. The molecule has 3 rings (SSSR count). The molecule has 0 atom stereocenters. The zero-order valence-corrected chi connectivity index (χ0v) is 18.8. The number of rotatable bonds is 8. The largest absolute Gasteiger partial charge is 0.497 e. The van der Waals surface area contributed by atoms with Crippen LogP contribution in [0.2, 0.25) is 0 Å². The minimum absolute atomic E-state index is 0.131. The smallest absolute Gasteiger partial charge is 0.234 e. The van der Waals surface area contributed by atoms with Crippen LogP contribution in [0.4, 0.5) is 17.1 Å². The lowest BCUT2D eigenvalue weighted by Gasteiger charge is -2.12. The quantitative estimate of drug-likeness (QED) is 0.318. The monoisotopic (exact) mass is 453 g/mol. The van der Waals surface area contributed by atoms with E-state index in [0.717, 1.165) is 16.3 Å². The number of anilines is 3. The fourth-order valence-corrected chi connectivity index (χ4v) is 3.71. The van der Waals surface area contributed by atoms with Crippen LogP contribution in [0.3, 0.4) is 0 Å². The number of benzene rings is 3. The molecule has 0 fully saturated rings. The maximum absolute atomic E-state index is 12.4. The van der Waals surface area contributed by atoms with Crippen LogP contribution in [0.25, 0.3) is 0 Å². The van der Waals surface area contributed by atoms with E-state index in [4.69, 9.17) is 21.7 Å². The number of hydrogen-bond donors (Lipinski definition) is 3. The summed E-state index contributed by atoms with van der Waals surface area (Å²) in [4.78, 5) is 13.4. The van der Waals surface area contributed by atoms with Crippen LogP contribution in [0.15, 0.2) is 77.7 Å². The summed E-state index contributed by atoms with van der Waals surface area (Å²) in [7, 11) is 3.13. The summed E-state index contributed by atoms with van der Waals surface area (Å²) in [5.41, 5.74) is 2.36. The Kier molecular flexibility index (Phi) is 8.14. The van der Waals surface area contributed by atoms with E-state index >= 15 is 0 Å². The molecule has 1 amide bonds. The van der Waals surface area contributed by atoms with Gasteiger partial charge in [0.2, 0.25) is 5.91 Å². The highest BCUT2D eigenvalue weighted by Crippen LogP contribution is 2.29. The van der Waals surface area contributed by atoms with E-state index in [2.05, 4.69) is 16.0 Å². The minimum atomic E-state index is -0.131. The van der Waals surface area contributed by atoms with E-state index in [0.29, 0.717) is 22.3 Å². The molecule has 0 saturated carbocycles. The standard InChI is InChI=1S/C23H23N3O3S2/c1-28-18-11-12-20(21(14-18)29-2)26-22(27)15-31-19-10-6-9-17(13-19)25-23(30)24-16-7-4-3-5-8-16/h3-14H,15H2,1-2H3,(H,26,27)(H2,24,25,30). The topological polar surface area (TPSA) is 71.6 Å². The van der Waals surface area contributed by atoms with Crippen molar-refractivity contribution in [3.8, 4) is 11.5 Å². The average Bonchev–Trinajstić information content (AvgIpc) is 2.79. The van der Waals surface area contributed by atoms with Crippen molar-refractivity contribution in [3.63, 3.8) is 0 Å². The molecule has 160 valence electrons. The SMILES string of the molecule is COc1ccc(NC(=O)CSc2cccc(NC(=S)Nc3ccccc3)c2)c(OC)c1. The minimum Gasteiger partial charge on any atom is -0.497 e. The zero-order valence-electron chi connectivity index (χ0n) is 17.2. The van der Waals surface area contributed by atoms with Gasteiger partial charge in [0.15, 0.2) is 5.11 Å². The van der Waals surface area contributed by atoms with Gasteiger partial charge in [0.05, 0.1) is 25.7 Å². The van der Waals surface area contributed by atoms with E-state index in [9.17, 15) is 4.79 Å². The van der Waals surface area contributed by atoms with Crippen molar-refractivity contribution in [1.82, 2.24) is 0 Å². The summed E-state index contributed by atoms with van der Waals surface area (Å²) in [5.74, 6) is 1.33. The predicted molar refractivity (Wildman–Crippen MR) is 132 cm³/mol. The second-order valence-electron chi connectivity index (χ2n) is 6.38. The molecule has 0 aromatic heterocycles. The normalized spacial score (nSPS) is 10.1. The number of ether oxygens (including phenoxy) is 2. The number of amides is 1. The van der Waals surface area contributed by atoms with Crippen molar-refractivity contribution < 1.29 is 14.3 Å². The van der Waals surface area contributed by atoms with Crippen LogP contribution in [0.5, 0.6) is 11.5 Å². The third-order valence-electron chi connectivity index (χ3n) is 4.18. The summed E-state index contributed by atoms with van der Waals surface area (Å²) >= 11 is 6.80. The van der Waals surface area contributed by atoms with Crippen molar-refractivity contribution in [2.24, 2.45) is 0 Å². The molecule has 0 radical (unpaired) electrons. The lowest BCUT2D eigenvalue weighted by Crippen LogP contribution is -2.19. The van der Waals surface area contributed by atoms with E-state index in [1.54, 1.807) is 32.4 Å². The lowest BCUT2D eigenvalue weighted by atomic mass is 10.2. The number of thiocarbonyl (C=S) groups is 1. The molecule has 0 aliphatic heterocycles. The second-order valence-corrected chi connectivity index (χ2v) is 7.83. The molecule has 0 aliphatic rings. The van der Waals surface area contributed by atoms with Crippen LogP contribution in [0.1, 0.15) is 0 Å². The fourth-order valence-electron chi connectivity index (χ4n) is 2.72. The Hall–Kier alpha value is -3.23. The molecule has 0 spiro atoms. The highest BCUT2D eigenvalue weighted by molar-refractivity contribution is 8.00. The van der Waals surface area contributed by atoms with Crippen molar-refractivity contribution >= 4 is 52.1 Å². The molecule has 0 heterocycles. The maximum Gasteiger partial charge on any atom is 0.234 e. The Morgan fingerprint density at radius 1 is 0.871 bits per heavy atom. The molecule has 3 N–H and O–H groups in total. The predicted octanol–water partition coefficient (Wildman–Crippen LogP) is 5.24. The van der Waals surface area contributed by atoms with Gasteiger partial charge in [-0.15, -0.1) is 11.8 Å². The first-order valence-electron chi connectivity index (χ1n) is 9.45.